The Balaban J connectivity index is 0. The van der Waals surface area contributed by atoms with Crippen molar-refractivity contribution in [1.82, 2.24) is 5.32 Å². The van der Waals surface area contributed by atoms with Crippen LogP contribution >= 0.6 is 0 Å². The molecule has 1 aliphatic heterocycles. The third-order valence-corrected chi connectivity index (χ3v) is 0.957. The first-order valence-corrected chi connectivity index (χ1v) is 2.94. The lowest BCUT2D eigenvalue weighted by Crippen LogP contribution is -2.03. The van der Waals surface area contributed by atoms with Gasteiger partial charge < -0.3 is 15.2 Å². The van der Waals surface area contributed by atoms with Crippen LogP contribution in [-0.4, -0.2) is 32.1 Å². The molecule has 0 aromatic carbocycles. The SMILES string of the molecule is C1CCNC1.C=O.CO. The van der Waals surface area contributed by atoms with Gasteiger partial charge in [-0.25, -0.2) is 0 Å². The zero-order chi connectivity index (χ0) is 7.54. The van der Waals surface area contributed by atoms with Crippen LogP contribution in [0, 0.1) is 0 Å². The zero-order valence-corrected chi connectivity index (χ0v) is 5.89. The van der Waals surface area contributed by atoms with Gasteiger partial charge in [-0.3, -0.25) is 0 Å². The van der Waals surface area contributed by atoms with Crippen LogP contribution in [0.5, 0.6) is 0 Å². The fourth-order valence-electron chi connectivity index (χ4n) is 0.625. The number of carbonyl (C=O) groups is 1. The first-order valence-electron chi connectivity index (χ1n) is 2.94. The molecular weight excluding hydrogens is 118 g/mol. The number of rotatable bonds is 0. The molecule has 1 rings (SSSR count). The molecule has 0 unspecified atom stereocenters. The fraction of sp³-hybridized carbons (Fsp3) is 0.833. The van der Waals surface area contributed by atoms with Crippen LogP contribution in [0.3, 0.4) is 0 Å². The van der Waals surface area contributed by atoms with Gasteiger partial charge in [-0.05, 0) is 25.9 Å². The van der Waals surface area contributed by atoms with E-state index in [0.29, 0.717) is 0 Å². The van der Waals surface area contributed by atoms with Gasteiger partial charge in [0.05, 0.1) is 0 Å². The Labute approximate surface area is 56.1 Å². The van der Waals surface area contributed by atoms with E-state index in [1.807, 2.05) is 6.79 Å². The fourth-order valence-corrected chi connectivity index (χ4v) is 0.625. The molecule has 0 aliphatic carbocycles. The number of hydrogen-bond donors (Lipinski definition) is 2. The van der Waals surface area contributed by atoms with Crippen molar-refractivity contribution in [2.45, 2.75) is 12.8 Å². The van der Waals surface area contributed by atoms with E-state index in [-0.39, 0.29) is 0 Å². The van der Waals surface area contributed by atoms with Gasteiger partial charge in [-0.1, -0.05) is 0 Å². The molecule has 1 saturated heterocycles. The monoisotopic (exact) mass is 133 g/mol. The highest BCUT2D eigenvalue weighted by atomic mass is 16.2. The van der Waals surface area contributed by atoms with Gasteiger partial charge >= 0.3 is 0 Å². The van der Waals surface area contributed by atoms with E-state index in [1.54, 1.807) is 0 Å². The van der Waals surface area contributed by atoms with Crippen LogP contribution in [0.2, 0.25) is 0 Å². The molecule has 0 atom stereocenters. The Kier molecular flexibility index (Phi) is 19.8. The summed E-state index contributed by atoms with van der Waals surface area (Å²) < 4.78 is 0. The molecule has 9 heavy (non-hydrogen) atoms. The maximum absolute atomic E-state index is 8.00. The van der Waals surface area contributed by atoms with E-state index in [0.717, 1.165) is 7.11 Å². The van der Waals surface area contributed by atoms with Gasteiger partial charge in [0.2, 0.25) is 0 Å². The largest absolute Gasteiger partial charge is 0.400 e. The van der Waals surface area contributed by atoms with E-state index < -0.39 is 0 Å². The summed E-state index contributed by atoms with van der Waals surface area (Å²) in [6.07, 6.45) is 2.78. The molecule has 3 nitrogen and oxygen atoms in total. The summed E-state index contributed by atoms with van der Waals surface area (Å²) in [5, 5.41) is 10.2. The maximum atomic E-state index is 8.00. The second-order valence-corrected chi connectivity index (χ2v) is 1.46. The number of carbonyl (C=O) groups excluding carboxylic acids is 1. The molecule has 0 radical (unpaired) electrons. The molecule has 1 heterocycles. The highest BCUT2D eigenvalue weighted by Crippen LogP contribution is 1.90. The van der Waals surface area contributed by atoms with Gasteiger partial charge in [0.15, 0.2) is 0 Å². The molecule has 0 spiro atoms. The van der Waals surface area contributed by atoms with E-state index in [1.165, 1.54) is 25.9 Å². The van der Waals surface area contributed by atoms with Crippen LogP contribution in [0.1, 0.15) is 12.8 Å². The van der Waals surface area contributed by atoms with Crippen molar-refractivity contribution in [3.63, 3.8) is 0 Å². The number of aliphatic hydroxyl groups excluding tert-OH is 1. The molecule has 0 aromatic rings. The molecule has 0 amide bonds. The van der Waals surface area contributed by atoms with Crippen molar-refractivity contribution < 1.29 is 9.90 Å². The Bertz CT molecular complexity index is 30.4. The topological polar surface area (TPSA) is 49.3 Å². The number of nitrogens with one attached hydrogen (secondary N) is 1. The summed E-state index contributed by atoms with van der Waals surface area (Å²) in [5.41, 5.74) is 0. The van der Waals surface area contributed by atoms with Crippen molar-refractivity contribution in [2.24, 2.45) is 0 Å². The molecule has 0 aromatic heterocycles. The summed E-state index contributed by atoms with van der Waals surface area (Å²) in [6.45, 7) is 4.50. The average molecular weight is 133 g/mol. The molecule has 3 heteroatoms. The average Bonchev–Trinajstić information content (AvgIpc) is 2.51. The number of hydrogen-bond acceptors (Lipinski definition) is 3. The van der Waals surface area contributed by atoms with Crippen LogP contribution < -0.4 is 5.32 Å². The smallest absolute Gasteiger partial charge is 0.106 e. The van der Waals surface area contributed by atoms with Crippen LogP contribution in [-0.2, 0) is 4.79 Å². The lowest BCUT2D eigenvalue weighted by molar-refractivity contribution is -0.0979. The lowest BCUT2D eigenvalue weighted by Gasteiger charge is -1.76. The first-order chi connectivity index (χ1) is 4.50. The Morgan fingerprint density at radius 3 is 1.67 bits per heavy atom. The third-order valence-electron chi connectivity index (χ3n) is 0.957. The quantitative estimate of drug-likeness (QED) is 0.481. The minimum Gasteiger partial charge on any atom is -0.400 e. The van der Waals surface area contributed by atoms with Gasteiger partial charge in [-0.15, -0.1) is 0 Å². The van der Waals surface area contributed by atoms with Crippen LogP contribution in [0.15, 0.2) is 0 Å². The van der Waals surface area contributed by atoms with E-state index >= 15 is 0 Å². The minimum absolute atomic E-state index is 1.00. The van der Waals surface area contributed by atoms with E-state index in [4.69, 9.17) is 9.90 Å². The van der Waals surface area contributed by atoms with Crippen molar-refractivity contribution in [3.8, 4) is 0 Å². The van der Waals surface area contributed by atoms with Gasteiger partial charge in [0, 0.05) is 7.11 Å². The van der Waals surface area contributed by atoms with Gasteiger partial charge in [0.1, 0.15) is 6.79 Å². The normalized spacial score (nSPS) is 14.4. The van der Waals surface area contributed by atoms with Crippen LogP contribution in [0.25, 0.3) is 0 Å². The minimum atomic E-state index is 1.00. The molecular formula is C6H15NO2. The van der Waals surface area contributed by atoms with Crippen LogP contribution in [0.4, 0.5) is 0 Å². The Hall–Kier alpha value is -0.410. The lowest BCUT2D eigenvalue weighted by atomic mass is 10.4. The molecule has 56 valence electrons. The Morgan fingerprint density at radius 1 is 1.22 bits per heavy atom. The van der Waals surface area contributed by atoms with Crippen molar-refractivity contribution >= 4 is 6.79 Å². The summed E-state index contributed by atoms with van der Waals surface area (Å²) in [6, 6.07) is 0. The highest BCUT2D eigenvalue weighted by molar-refractivity contribution is 5.10. The molecule has 0 saturated carbocycles. The molecule has 1 fully saturated rings. The first kappa shape index (κ1) is 11.4. The van der Waals surface area contributed by atoms with Crippen molar-refractivity contribution in [2.75, 3.05) is 20.2 Å². The summed E-state index contributed by atoms with van der Waals surface area (Å²) >= 11 is 0. The second-order valence-electron chi connectivity index (χ2n) is 1.46. The standard InChI is InChI=1S/C4H9N.CH4O.CH2O/c1-2-4-5-3-1;2*1-2/h5H,1-4H2;2H,1H3;1H2. The van der Waals surface area contributed by atoms with Crippen molar-refractivity contribution in [3.05, 3.63) is 0 Å². The van der Waals surface area contributed by atoms with E-state index in [2.05, 4.69) is 5.32 Å². The highest BCUT2D eigenvalue weighted by Gasteiger charge is 1.93. The molecule has 2 N–H and O–H groups in total. The third kappa shape index (κ3) is 11.3. The zero-order valence-electron chi connectivity index (χ0n) is 5.89. The molecule has 1 aliphatic rings. The summed E-state index contributed by atoms with van der Waals surface area (Å²) in [4.78, 5) is 8.00. The van der Waals surface area contributed by atoms with E-state index in [9.17, 15) is 0 Å². The maximum Gasteiger partial charge on any atom is 0.106 e. The predicted molar refractivity (Wildman–Crippen MR) is 37.4 cm³/mol. The van der Waals surface area contributed by atoms with Gasteiger partial charge in [0.25, 0.3) is 0 Å². The molecule has 0 bridgehead atoms. The number of aliphatic hydroxyl groups is 1. The van der Waals surface area contributed by atoms with Crippen molar-refractivity contribution in [1.29, 1.82) is 0 Å². The van der Waals surface area contributed by atoms with Gasteiger partial charge in [-0.2, -0.15) is 0 Å². The second kappa shape index (κ2) is 15.6. The predicted octanol–water partition coefficient (Wildman–Crippen LogP) is -0.207. The summed E-state index contributed by atoms with van der Waals surface area (Å²) in [7, 11) is 1.00. The Morgan fingerprint density at radius 2 is 1.56 bits per heavy atom. The summed E-state index contributed by atoms with van der Waals surface area (Å²) in [5.74, 6) is 0.